The van der Waals surface area contributed by atoms with E-state index in [-0.39, 0.29) is 54.1 Å². The maximum Gasteiger partial charge on any atom is 0.328 e. The van der Waals surface area contributed by atoms with Crippen molar-refractivity contribution in [1.82, 2.24) is 19.4 Å². The van der Waals surface area contributed by atoms with Crippen LogP contribution in [0.5, 0.6) is 0 Å². The van der Waals surface area contributed by atoms with Gasteiger partial charge in [-0.05, 0) is 59.7 Å². The average molecular weight is 777 g/mol. The maximum atomic E-state index is 14.1. The molecule has 49 heavy (non-hydrogen) atoms. The number of carbonyl (C=O) groups excluding carboxylic acids is 3. The summed E-state index contributed by atoms with van der Waals surface area (Å²) in [5, 5.41) is 14.8. The van der Waals surface area contributed by atoms with Crippen molar-refractivity contribution < 1.29 is 27.9 Å². The van der Waals surface area contributed by atoms with Gasteiger partial charge < -0.3 is 21.1 Å². The fourth-order valence-corrected chi connectivity index (χ4v) is 8.04. The minimum atomic E-state index is -4.13. The Morgan fingerprint density at radius 2 is 1.67 bits per heavy atom. The minimum Gasteiger partial charge on any atom is -0.397 e. The lowest BCUT2D eigenvalue weighted by molar-refractivity contribution is -0.129. The quantitative estimate of drug-likeness (QED) is 0.147. The molecule has 1 aliphatic rings. The molecular weight excluding hydrogens is 734 g/mol. The van der Waals surface area contributed by atoms with Gasteiger partial charge >= 0.3 is 6.03 Å². The summed E-state index contributed by atoms with van der Waals surface area (Å²) in [6, 6.07) is 17.9. The number of nitrogens with one attached hydrogen (secondary N) is 1. The van der Waals surface area contributed by atoms with Crippen LogP contribution in [0.4, 0.5) is 10.5 Å². The van der Waals surface area contributed by atoms with Gasteiger partial charge in [0.05, 0.1) is 34.3 Å². The number of nitrogen functional groups attached to an aromatic ring is 1. The summed E-state index contributed by atoms with van der Waals surface area (Å²) in [7, 11) is -4.13. The highest BCUT2D eigenvalue weighted by Crippen LogP contribution is 2.27. The van der Waals surface area contributed by atoms with Crippen LogP contribution in [0.15, 0.2) is 82.2 Å². The van der Waals surface area contributed by atoms with Crippen molar-refractivity contribution in [1.29, 1.82) is 0 Å². The molecule has 264 valence electrons. The lowest BCUT2D eigenvalue weighted by Gasteiger charge is -2.34. The van der Waals surface area contributed by atoms with E-state index >= 15 is 0 Å². The van der Waals surface area contributed by atoms with Crippen LogP contribution in [-0.4, -0.2) is 83.3 Å². The number of benzene rings is 3. The van der Waals surface area contributed by atoms with Gasteiger partial charge in [-0.15, -0.1) is 0 Å². The first-order chi connectivity index (χ1) is 23.1. The Bertz CT molecular complexity index is 1760. The van der Waals surface area contributed by atoms with Crippen molar-refractivity contribution in [3.63, 3.8) is 0 Å². The van der Waals surface area contributed by atoms with Crippen LogP contribution in [0.25, 0.3) is 0 Å². The summed E-state index contributed by atoms with van der Waals surface area (Å²) in [6.45, 7) is 6.78. The van der Waals surface area contributed by atoms with E-state index in [9.17, 15) is 27.9 Å². The Balaban J connectivity index is 1.60. The molecule has 0 saturated carbocycles. The molecule has 3 aromatic rings. The monoisotopic (exact) mass is 775 g/mol. The second kappa shape index (κ2) is 16.5. The van der Waals surface area contributed by atoms with Gasteiger partial charge in [0.15, 0.2) is 0 Å². The smallest absolute Gasteiger partial charge is 0.328 e. The highest BCUT2D eigenvalue weighted by molar-refractivity contribution is 9.10. The van der Waals surface area contributed by atoms with Crippen LogP contribution in [-0.2, 0) is 32.6 Å². The number of hydrogen-bond acceptors (Lipinski definition) is 7. The second-order valence-electron chi connectivity index (χ2n) is 13.0. The molecule has 1 unspecified atom stereocenters. The van der Waals surface area contributed by atoms with E-state index in [0.29, 0.717) is 0 Å². The van der Waals surface area contributed by atoms with Gasteiger partial charge in [-0.2, -0.15) is 4.31 Å². The minimum absolute atomic E-state index is 0.0504. The highest BCUT2D eigenvalue weighted by Gasteiger charge is 2.44. The molecule has 0 bridgehead atoms. The zero-order chi connectivity index (χ0) is 36.0. The molecule has 11 nitrogen and oxygen atoms in total. The van der Waals surface area contributed by atoms with Crippen molar-refractivity contribution in [2.45, 2.75) is 63.7 Å². The average Bonchev–Trinajstić information content (AvgIpc) is 3.29. The molecule has 4 N–H and O–H groups in total. The first kappa shape index (κ1) is 38.3. The summed E-state index contributed by atoms with van der Waals surface area (Å²) < 4.78 is 29.7. The van der Waals surface area contributed by atoms with E-state index in [1.807, 2.05) is 62.4 Å². The molecule has 1 heterocycles. The van der Waals surface area contributed by atoms with Gasteiger partial charge in [-0.1, -0.05) is 97.7 Å². The summed E-state index contributed by atoms with van der Waals surface area (Å²) in [4.78, 5) is 43.1. The first-order valence-corrected chi connectivity index (χ1v) is 18.6. The van der Waals surface area contributed by atoms with Crippen molar-refractivity contribution in [3.05, 3.63) is 93.4 Å². The predicted octanol–water partition coefficient (Wildman–Crippen LogP) is 4.91. The summed E-state index contributed by atoms with van der Waals surface area (Å²) in [5.74, 6) is -1.49. The van der Waals surface area contributed by atoms with Gasteiger partial charge in [0.1, 0.15) is 12.6 Å². The summed E-state index contributed by atoms with van der Waals surface area (Å²) >= 11 is 9.46. The largest absolute Gasteiger partial charge is 0.397 e. The lowest BCUT2D eigenvalue weighted by atomic mass is 9.97. The van der Waals surface area contributed by atoms with E-state index in [4.69, 9.17) is 17.3 Å². The van der Waals surface area contributed by atoms with E-state index in [1.165, 1.54) is 27.4 Å². The molecule has 4 amide bonds. The van der Waals surface area contributed by atoms with Gasteiger partial charge in [-0.25, -0.2) is 13.2 Å². The number of aliphatic hydroxyl groups is 1. The van der Waals surface area contributed by atoms with Crippen LogP contribution in [0.3, 0.4) is 0 Å². The number of hydrogen-bond donors (Lipinski definition) is 3. The Hall–Kier alpha value is -3.49. The number of halogens is 2. The van der Waals surface area contributed by atoms with Gasteiger partial charge in [0, 0.05) is 17.6 Å². The normalized spacial score (nSPS) is 15.7. The fourth-order valence-electron chi connectivity index (χ4n) is 5.82. The third-order valence-electron chi connectivity index (χ3n) is 8.20. The Kier molecular flexibility index (Phi) is 12.9. The Labute approximate surface area is 301 Å². The van der Waals surface area contributed by atoms with E-state index in [2.05, 4.69) is 21.2 Å². The molecule has 3 aromatic carbocycles. The van der Waals surface area contributed by atoms with Gasteiger partial charge in [0.2, 0.25) is 15.9 Å². The number of rotatable bonds is 15. The standard InChI is InChI=1S/C35H43BrClN5O6S/c1-22(2)18-40(49(47,48)27-13-14-28(37)29(38)17-27)20-31(43)30(16-24-9-6-5-7-10-24)39-34(45)33(23(3)4)42-21-32(44)41(35(42)46)19-25-11-8-12-26(36)15-25/h5-15,17,22-23,30-31,33,43H,16,18-21,38H2,1-4H3,(H,39,45)/t30-,31+,33?/m0/s1. The number of anilines is 1. The molecule has 1 fully saturated rings. The third kappa shape index (κ3) is 9.61. The molecular formula is C35H43BrClN5O6S. The number of carbonyl (C=O) groups is 3. The molecule has 0 radical (unpaired) electrons. The second-order valence-corrected chi connectivity index (χ2v) is 16.2. The van der Waals surface area contributed by atoms with E-state index in [0.717, 1.165) is 20.5 Å². The number of amides is 4. The summed E-state index contributed by atoms with van der Waals surface area (Å²) in [6.07, 6.45) is -1.19. The number of nitrogens with two attached hydrogens (primary N) is 1. The lowest BCUT2D eigenvalue weighted by Crippen LogP contribution is -2.57. The Morgan fingerprint density at radius 1 is 1.00 bits per heavy atom. The van der Waals surface area contributed by atoms with Crippen LogP contribution in [0.1, 0.15) is 38.8 Å². The van der Waals surface area contributed by atoms with E-state index < -0.39 is 52.0 Å². The van der Waals surface area contributed by atoms with Crippen LogP contribution >= 0.6 is 27.5 Å². The number of sulfonamides is 1. The zero-order valence-electron chi connectivity index (χ0n) is 27.9. The van der Waals surface area contributed by atoms with Crippen LogP contribution < -0.4 is 11.1 Å². The molecule has 14 heteroatoms. The highest BCUT2D eigenvalue weighted by atomic mass is 79.9. The molecule has 3 atom stereocenters. The van der Waals surface area contributed by atoms with Gasteiger partial charge in [0.25, 0.3) is 5.91 Å². The van der Waals surface area contributed by atoms with Crippen LogP contribution in [0, 0.1) is 11.8 Å². The number of urea groups is 1. The molecule has 1 saturated heterocycles. The number of imide groups is 1. The fraction of sp³-hybridized carbons (Fsp3) is 0.400. The van der Waals surface area contributed by atoms with Crippen molar-refractivity contribution >= 4 is 61.1 Å². The molecule has 0 spiro atoms. The van der Waals surface area contributed by atoms with Crippen molar-refractivity contribution in [2.75, 3.05) is 25.4 Å². The number of nitrogens with zero attached hydrogens (tertiary/aromatic N) is 3. The zero-order valence-corrected chi connectivity index (χ0v) is 31.1. The van der Waals surface area contributed by atoms with Crippen molar-refractivity contribution in [3.8, 4) is 0 Å². The maximum absolute atomic E-state index is 14.1. The van der Waals surface area contributed by atoms with Crippen molar-refractivity contribution in [2.24, 2.45) is 11.8 Å². The van der Waals surface area contributed by atoms with E-state index in [1.54, 1.807) is 19.9 Å². The Morgan fingerprint density at radius 3 is 2.29 bits per heavy atom. The first-order valence-electron chi connectivity index (χ1n) is 16.0. The van der Waals surface area contributed by atoms with Gasteiger partial charge in [-0.3, -0.25) is 14.5 Å². The topological polar surface area (TPSA) is 153 Å². The SMILES string of the molecule is CC(C)CN(C[C@@H](O)[C@H](Cc1ccccc1)NC(=O)C(C(C)C)N1CC(=O)N(Cc2cccc(Br)c2)C1=O)S(=O)(=O)c1ccc(Cl)c(N)c1. The predicted molar refractivity (Wildman–Crippen MR) is 193 cm³/mol. The molecule has 0 aromatic heterocycles. The third-order valence-corrected chi connectivity index (χ3v) is 10.9. The summed E-state index contributed by atoms with van der Waals surface area (Å²) in [5.41, 5.74) is 7.57. The molecule has 1 aliphatic heterocycles. The molecule has 0 aliphatic carbocycles. The molecule has 4 rings (SSSR count). The number of aliphatic hydroxyl groups excluding tert-OH is 1. The van der Waals surface area contributed by atoms with Crippen LogP contribution in [0.2, 0.25) is 5.02 Å².